The summed E-state index contributed by atoms with van der Waals surface area (Å²) < 4.78 is 0. The van der Waals surface area contributed by atoms with E-state index < -0.39 is 0 Å². The average Bonchev–Trinajstić information content (AvgIpc) is 2.72. The zero-order valence-corrected chi connectivity index (χ0v) is 22.5. The van der Waals surface area contributed by atoms with Gasteiger partial charge in [-0.1, -0.05) is 105 Å². The molecule has 0 heterocycles. The van der Waals surface area contributed by atoms with E-state index in [1.165, 1.54) is 86.5 Å². The van der Waals surface area contributed by atoms with E-state index in [1.54, 1.807) is 11.1 Å². The standard InChI is InChI=1S/C32H50/c1-9-11-17-27-23-25(19-21-29(27)31(3,4)5)15-13-14-16-26-20-22-30(32(6,7)8)28(24-26)18-12-10-2/h19-24H,9-18H2,1-8H3. The van der Waals surface area contributed by atoms with E-state index in [1.807, 2.05) is 0 Å². The molecule has 0 heteroatoms. The van der Waals surface area contributed by atoms with Crippen molar-refractivity contribution in [2.24, 2.45) is 0 Å². The molecule has 0 N–H and O–H groups in total. The highest BCUT2D eigenvalue weighted by molar-refractivity contribution is 5.38. The Kier molecular flexibility index (Phi) is 10.1. The van der Waals surface area contributed by atoms with Crippen LogP contribution in [0.2, 0.25) is 0 Å². The lowest BCUT2D eigenvalue weighted by atomic mass is 9.81. The van der Waals surface area contributed by atoms with Crippen molar-refractivity contribution in [3.8, 4) is 0 Å². The smallest absolute Gasteiger partial charge is 0.0129 e. The Labute approximate surface area is 200 Å². The normalized spacial score (nSPS) is 12.4. The van der Waals surface area contributed by atoms with Crippen LogP contribution in [0.15, 0.2) is 36.4 Å². The van der Waals surface area contributed by atoms with Gasteiger partial charge in [0.2, 0.25) is 0 Å². The fourth-order valence-electron chi connectivity index (χ4n) is 4.87. The summed E-state index contributed by atoms with van der Waals surface area (Å²) in [5.74, 6) is 0. The molecule has 0 saturated heterocycles. The van der Waals surface area contributed by atoms with Crippen molar-refractivity contribution in [3.05, 3.63) is 69.8 Å². The SMILES string of the molecule is CCCCc1cc(CCCCc2ccc(C(C)(C)C)c(CCCC)c2)ccc1C(C)(C)C. The molecule has 0 unspecified atom stereocenters. The first-order valence-electron chi connectivity index (χ1n) is 13.3. The molecule has 0 nitrogen and oxygen atoms in total. The van der Waals surface area contributed by atoms with E-state index in [0.717, 1.165) is 0 Å². The number of benzene rings is 2. The van der Waals surface area contributed by atoms with Crippen molar-refractivity contribution in [1.29, 1.82) is 0 Å². The minimum atomic E-state index is 0.232. The molecule has 0 aliphatic rings. The lowest BCUT2D eigenvalue weighted by Gasteiger charge is -2.24. The Hall–Kier alpha value is -1.56. The summed E-state index contributed by atoms with van der Waals surface area (Å²) in [6, 6.07) is 14.6. The second kappa shape index (κ2) is 12.1. The predicted molar refractivity (Wildman–Crippen MR) is 144 cm³/mol. The van der Waals surface area contributed by atoms with Crippen LogP contribution < -0.4 is 0 Å². The van der Waals surface area contributed by atoms with Gasteiger partial charge in [-0.3, -0.25) is 0 Å². The molecule has 0 atom stereocenters. The minimum absolute atomic E-state index is 0.232. The van der Waals surface area contributed by atoms with Gasteiger partial charge in [0, 0.05) is 0 Å². The van der Waals surface area contributed by atoms with Gasteiger partial charge in [-0.15, -0.1) is 0 Å². The van der Waals surface area contributed by atoms with Crippen LogP contribution in [-0.4, -0.2) is 0 Å². The van der Waals surface area contributed by atoms with Gasteiger partial charge in [0.05, 0.1) is 0 Å². The summed E-state index contributed by atoms with van der Waals surface area (Å²) in [4.78, 5) is 0. The van der Waals surface area contributed by atoms with E-state index in [2.05, 4.69) is 91.8 Å². The van der Waals surface area contributed by atoms with Gasteiger partial charge in [-0.25, -0.2) is 0 Å². The van der Waals surface area contributed by atoms with E-state index in [4.69, 9.17) is 0 Å². The molecule has 2 aromatic carbocycles. The molecule has 32 heavy (non-hydrogen) atoms. The maximum atomic E-state index is 2.51. The van der Waals surface area contributed by atoms with Crippen molar-refractivity contribution >= 4 is 0 Å². The Morgan fingerprint density at radius 2 is 0.875 bits per heavy atom. The summed E-state index contributed by atoms with van der Waals surface area (Å²) in [5, 5.41) is 0. The number of hydrogen-bond acceptors (Lipinski definition) is 0. The van der Waals surface area contributed by atoms with Gasteiger partial charge in [-0.05, 0) is 95.6 Å². The molecule has 0 fully saturated rings. The first-order chi connectivity index (χ1) is 15.1. The lowest BCUT2D eigenvalue weighted by molar-refractivity contribution is 0.578. The Bertz CT molecular complexity index is 755. The van der Waals surface area contributed by atoms with Crippen molar-refractivity contribution in [1.82, 2.24) is 0 Å². The second-order valence-corrected chi connectivity index (χ2v) is 11.9. The van der Waals surface area contributed by atoms with Gasteiger partial charge >= 0.3 is 0 Å². The molecule has 0 aliphatic carbocycles. The lowest BCUT2D eigenvalue weighted by Crippen LogP contribution is -2.15. The average molecular weight is 435 g/mol. The highest BCUT2D eigenvalue weighted by atomic mass is 14.2. The zero-order chi connectivity index (χ0) is 23.8. The molecule has 0 bridgehead atoms. The number of aryl methyl sites for hydroxylation is 4. The molecular weight excluding hydrogens is 384 g/mol. The zero-order valence-electron chi connectivity index (χ0n) is 22.5. The number of hydrogen-bond donors (Lipinski definition) is 0. The summed E-state index contributed by atoms with van der Waals surface area (Å²) in [7, 11) is 0. The molecule has 178 valence electrons. The van der Waals surface area contributed by atoms with Gasteiger partial charge < -0.3 is 0 Å². The molecule has 2 aromatic rings. The van der Waals surface area contributed by atoms with Crippen LogP contribution in [0.1, 0.15) is 127 Å². The van der Waals surface area contributed by atoms with Gasteiger partial charge in [0.25, 0.3) is 0 Å². The molecule has 0 aromatic heterocycles. The van der Waals surface area contributed by atoms with Gasteiger partial charge in [0.15, 0.2) is 0 Å². The number of unbranched alkanes of at least 4 members (excludes halogenated alkanes) is 3. The van der Waals surface area contributed by atoms with Crippen molar-refractivity contribution < 1.29 is 0 Å². The van der Waals surface area contributed by atoms with Crippen LogP contribution in [-0.2, 0) is 36.5 Å². The van der Waals surface area contributed by atoms with Crippen molar-refractivity contribution in [3.63, 3.8) is 0 Å². The van der Waals surface area contributed by atoms with Crippen LogP contribution in [0.3, 0.4) is 0 Å². The Morgan fingerprint density at radius 1 is 0.500 bits per heavy atom. The molecule has 0 saturated carbocycles. The van der Waals surface area contributed by atoms with E-state index in [9.17, 15) is 0 Å². The van der Waals surface area contributed by atoms with Crippen LogP contribution in [0.5, 0.6) is 0 Å². The first-order valence-corrected chi connectivity index (χ1v) is 13.3. The van der Waals surface area contributed by atoms with Crippen LogP contribution >= 0.6 is 0 Å². The fourth-order valence-corrected chi connectivity index (χ4v) is 4.87. The highest BCUT2D eigenvalue weighted by Crippen LogP contribution is 2.30. The van der Waals surface area contributed by atoms with Crippen LogP contribution in [0, 0.1) is 0 Å². The van der Waals surface area contributed by atoms with Crippen LogP contribution in [0.25, 0.3) is 0 Å². The topological polar surface area (TPSA) is 0 Å². The molecular formula is C32H50. The maximum absolute atomic E-state index is 2.51. The summed E-state index contributed by atoms with van der Waals surface area (Å²) in [5.41, 5.74) is 9.74. The van der Waals surface area contributed by atoms with E-state index in [0.29, 0.717) is 0 Å². The predicted octanol–water partition coefficient (Wildman–Crippen LogP) is 9.53. The molecule has 2 rings (SSSR count). The molecule has 0 amide bonds. The Balaban J connectivity index is 2.00. The quantitative estimate of drug-likeness (QED) is 0.309. The number of rotatable bonds is 11. The second-order valence-electron chi connectivity index (χ2n) is 11.9. The summed E-state index contributed by atoms with van der Waals surface area (Å²) in [6.07, 6.45) is 12.5. The van der Waals surface area contributed by atoms with E-state index >= 15 is 0 Å². The highest BCUT2D eigenvalue weighted by Gasteiger charge is 2.19. The molecule has 0 spiro atoms. The first kappa shape index (κ1) is 26.7. The van der Waals surface area contributed by atoms with Crippen molar-refractivity contribution in [2.45, 2.75) is 130 Å². The third-order valence-corrected chi connectivity index (χ3v) is 6.74. The fraction of sp³-hybridized carbons (Fsp3) is 0.625. The summed E-state index contributed by atoms with van der Waals surface area (Å²) >= 11 is 0. The molecule has 0 aliphatic heterocycles. The van der Waals surface area contributed by atoms with Crippen LogP contribution in [0.4, 0.5) is 0 Å². The van der Waals surface area contributed by atoms with Gasteiger partial charge in [-0.2, -0.15) is 0 Å². The summed E-state index contributed by atoms with van der Waals surface area (Å²) in [6.45, 7) is 18.7. The largest absolute Gasteiger partial charge is 0.0654 e. The maximum Gasteiger partial charge on any atom is -0.0129 e. The van der Waals surface area contributed by atoms with Crippen molar-refractivity contribution in [2.75, 3.05) is 0 Å². The minimum Gasteiger partial charge on any atom is -0.0654 e. The van der Waals surface area contributed by atoms with Gasteiger partial charge in [0.1, 0.15) is 0 Å². The third kappa shape index (κ3) is 8.09. The van der Waals surface area contributed by atoms with E-state index in [-0.39, 0.29) is 10.8 Å². The monoisotopic (exact) mass is 434 g/mol. The Morgan fingerprint density at radius 3 is 1.19 bits per heavy atom. The molecule has 0 radical (unpaired) electrons. The third-order valence-electron chi connectivity index (χ3n) is 6.74.